The number of halogens is 1. The van der Waals surface area contributed by atoms with Crippen LogP contribution in [0.2, 0.25) is 0 Å². The Balaban J connectivity index is 1.81. The first kappa shape index (κ1) is 14.7. The molecule has 0 aliphatic carbocycles. The van der Waals surface area contributed by atoms with E-state index in [-0.39, 0.29) is 12.4 Å². The summed E-state index contributed by atoms with van der Waals surface area (Å²) in [5, 5.41) is 12.8. The Labute approximate surface area is 131 Å². The van der Waals surface area contributed by atoms with Crippen LogP contribution in [0.4, 0.5) is 4.39 Å². The zero-order chi connectivity index (χ0) is 16.2. The molecule has 114 valence electrons. The first-order valence-corrected chi connectivity index (χ1v) is 6.87. The normalized spacial score (nSPS) is 10.3. The molecule has 3 aromatic rings. The lowest BCUT2D eigenvalue weighted by atomic mass is 10.1. The van der Waals surface area contributed by atoms with Crippen LogP contribution in [0.3, 0.4) is 0 Å². The third-order valence-electron chi connectivity index (χ3n) is 3.33. The number of pyridine rings is 1. The average Bonchev–Trinajstić information content (AvgIpc) is 2.95. The van der Waals surface area contributed by atoms with Crippen molar-refractivity contribution in [1.29, 1.82) is 5.26 Å². The lowest BCUT2D eigenvalue weighted by Gasteiger charge is -2.06. The van der Waals surface area contributed by atoms with Crippen LogP contribution < -0.4 is 4.74 Å². The van der Waals surface area contributed by atoms with Crippen LogP contribution in [0.15, 0.2) is 47.1 Å². The molecule has 1 aromatic carbocycles. The van der Waals surface area contributed by atoms with E-state index in [0.29, 0.717) is 22.9 Å². The van der Waals surface area contributed by atoms with Crippen LogP contribution >= 0.6 is 0 Å². The van der Waals surface area contributed by atoms with Gasteiger partial charge in [-0.1, -0.05) is 5.16 Å². The molecule has 5 nitrogen and oxygen atoms in total. The van der Waals surface area contributed by atoms with E-state index in [1.54, 1.807) is 31.2 Å². The van der Waals surface area contributed by atoms with E-state index in [1.165, 1.54) is 18.3 Å². The molecule has 0 atom stereocenters. The Kier molecular flexibility index (Phi) is 4.02. The van der Waals surface area contributed by atoms with Crippen molar-refractivity contribution in [2.75, 3.05) is 0 Å². The molecular weight excluding hydrogens is 297 g/mol. The second-order valence-corrected chi connectivity index (χ2v) is 4.86. The molecule has 0 unspecified atom stereocenters. The number of rotatable bonds is 4. The molecule has 3 rings (SSSR count). The summed E-state index contributed by atoms with van der Waals surface area (Å²) in [4.78, 5) is 4.05. The largest absolute Gasteiger partial charge is 0.473 e. The highest BCUT2D eigenvalue weighted by molar-refractivity contribution is 5.63. The van der Waals surface area contributed by atoms with Crippen LogP contribution in [-0.2, 0) is 6.61 Å². The molecule has 2 aromatic heterocycles. The van der Waals surface area contributed by atoms with Crippen molar-refractivity contribution in [3.8, 4) is 23.2 Å². The van der Waals surface area contributed by atoms with Gasteiger partial charge in [0.2, 0.25) is 5.88 Å². The number of nitriles is 1. The van der Waals surface area contributed by atoms with Gasteiger partial charge in [0.05, 0.1) is 11.1 Å². The van der Waals surface area contributed by atoms with Gasteiger partial charge in [-0.15, -0.1) is 0 Å². The minimum absolute atomic E-state index is 0.209. The second kappa shape index (κ2) is 6.28. The van der Waals surface area contributed by atoms with E-state index in [1.807, 2.05) is 6.07 Å². The maximum atomic E-state index is 13.0. The molecular formula is C17H12FN3O2. The quantitative estimate of drug-likeness (QED) is 0.736. The number of aryl methyl sites for hydroxylation is 1. The van der Waals surface area contributed by atoms with E-state index in [0.717, 1.165) is 11.1 Å². The monoisotopic (exact) mass is 309 g/mol. The van der Waals surface area contributed by atoms with Crippen LogP contribution in [-0.4, -0.2) is 10.1 Å². The van der Waals surface area contributed by atoms with Gasteiger partial charge in [-0.05, 0) is 37.3 Å². The second-order valence-electron chi connectivity index (χ2n) is 4.86. The Bertz CT molecular complexity index is 849. The zero-order valence-electron chi connectivity index (χ0n) is 12.3. The molecule has 0 fully saturated rings. The van der Waals surface area contributed by atoms with Crippen LogP contribution in [0.25, 0.3) is 11.3 Å². The predicted molar refractivity (Wildman–Crippen MR) is 79.9 cm³/mol. The molecule has 0 radical (unpaired) electrons. The van der Waals surface area contributed by atoms with Gasteiger partial charge in [-0.2, -0.15) is 5.26 Å². The number of hydrogen-bond donors (Lipinski definition) is 0. The summed E-state index contributed by atoms with van der Waals surface area (Å²) >= 11 is 0. The first-order chi connectivity index (χ1) is 11.2. The summed E-state index contributed by atoms with van der Waals surface area (Å²) in [6.45, 7) is 1.99. The Morgan fingerprint density at radius 2 is 2.00 bits per heavy atom. The van der Waals surface area contributed by atoms with E-state index < -0.39 is 0 Å². The van der Waals surface area contributed by atoms with Gasteiger partial charge in [0.15, 0.2) is 0 Å². The lowest BCUT2D eigenvalue weighted by Crippen LogP contribution is -1.99. The summed E-state index contributed by atoms with van der Waals surface area (Å²) in [7, 11) is 0. The van der Waals surface area contributed by atoms with Gasteiger partial charge in [0, 0.05) is 17.8 Å². The fourth-order valence-electron chi connectivity index (χ4n) is 2.07. The predicted octanol–water partition coefficient (Wildman–Crippen LogP) is 3.63. The average molecular weight is 309 g/mol. The first-order valence-electron chi connectivity index (χ1n) is 6.87. The maximum Gasteiger partial charge on any atom is 0.213 e. The molecule has 6 heteroatoms. The van der Waals surface area contributed by atoms with Crippen molar-refractivity contribution in [2.24, 2.45) is 0 Å². The van der Waals surface area contributed by atoms with Crippen LogP contribution in [0.1, 0.15) is 16.9 Å². The smallest absolute Gasteiger partial charge is 0.213 e. The summed E-state index contributed by atoms with van der Waals surface area (Å²) in [5.41, 5.74) is 2.58. The van der Waals surface area contributed by atoms with Crippen molar-refractivity contribution in [3.05, 3.63) is 65.3 Å². The van der Waals surface area contributed by atoms with Crippen molar-refractivity contribution in [2.45, 2.75) is 13.5 Å². The molecule has 0 aliphatic rings. The molecule has 0 saturated carbocycles. The van der Waals surface area contributed by atoms with E-state index >= 15 is 0 Å². The molecule has 0 aliphatic heterocycles. The van der Waals surface area contributed by atoms with Gasteiger partial charge >= 0.3 is 0 Å². The van der Waals surface area contributed by atoms with Gasteiger partial charge in [-0.3, -0.25) is 0 Å². The number of aromatic nitrogens is 2. The fourth-order valence-corrected chi connectivity index (χ4v) is 2.07. The summed E-state index contributed by atoms with van der Waals surface area (Å²) in [6, 6.07) is 11.3. The van der Waals surface area contributed by atoms with E-state index in [9.17, 15) is 4.39 Å². The van der Waals surface area contributed by atoms with Crippen molar-refractivity contribution in [3.63, 3.8) is 0 Å². The highest BCUT2D eigenvalue weighted by atomic mass is 19.1. The van der Waals surface area contributed by atoms with Crippen molar-refractivity contribution >= 4 is 0 Å². The van der Waals surface area contributed by atoms with Gasteiger partial charge in [0.1, 0.15) is 29.9 Å². The molecule has 2 heterocycles. The summed E-state index contributed by atoms with van der Waals surface area (Å²) < 4.78 is 23.9. The highest BCUT2D eigenvalue weighted by Gasteiger charge is 2.15. The van der Waals surface area contributed by atoms with Crippen molar-refractivity contribution < 1.29 is 13.7 Å². The Hall–Kier alpha value is -3.20. The Morgan fingerprint density at radius 3 is 2.65 bits per heavy atom. The van der Waals surface area contributed by atoms with Crippen LogP contribution in [0, 0.1) is 24.1 Å². The van der Waals surface area contributed by atoms with E-state index in [2.05, 4.69) is 10.1 Å². The van der Waals surface area contributed by atoms with Gasteiger partial charge < -0.3 is 9.26 Å². The minimum atomic E-state index is -0.312. The molecule has 23 heavy (non-hydrogen) atoms. The number of nitrogens with zero attached hydrogens (tertiary/aromatic N) is 3. The zero-order valence-corrected chi connectivity index (χ0v) is 12.3. The standard InChI is InChI=1S/C17H12FN3O2/c1-11-15(10-22-16-7-2-12(8-19)9-20-16)17(21-23-11)13-3-5-14(18)6-4-13/h2-7,9H,10H2,1H3. The number of ether oxygens (including phenoxy) is 1. The fraction of sp³-hybridized carbons (Fsp3) is 0.118. The van der Waals surface area contributed by atoms with Gasteiger partial charge in [-0.25, -0.2) is 9.37 Å². The molecule has 0 saturated heterocycles. The molecule has 0 N–H and O–H groups in total. The Morgan fingerprint density at radius 1 is 1.22 bits per heavy atom. The molecule has 0 bridgehead atoms. The lowest BCUT2D eigenvalue weighted by molar-refractivity contribution is 0.290. The van der Waals surface area contributed by atoms with E-state index in [4.69, 9.17) is 14.5 Å². The van der Waals surface area contributed by atoms with Crippen LogP contribution in [0.5, 0.6) is 5.88 Å². The third-order valence-corrected chi connectivity index (χ3v) is 3.33. The SMILES string of the molecule is Cc1onc(-c2ccc(F)cc2)c1COc1ccc(C#N)cn1. The number of benzene rings is 1. The third kappa shape index (κ3) is 3.19. The molecule has 0 spiro atoms. The van der Waals surface area contributed by atoms with Crippen molar-refractivity contribution in [1.82, 2.24) is 10.1 Å². The summed E-state index contributed by atoms with van der Waals surface area (Å²) in [6.07, 6.45) is 1.44. The highest BCUT2D eigenvalue weighted by Crippen LogP contribution is 2.26. The minimum Gasteiger partial charge on any atom is -0.473 e. The van der Waals surface area contributed by atoms with Gasteiger partial charge in [0.25, 0.3) is 0 Å². The topological polar surface area (TPSA) is 71.9 Å². The molecule has 0 amide bonds. The summed E-state index contributed by atoms with van der Waals surface area (Å²) in [5.74, 6) is 0.709. The maximum absolute atomic E-state index is 13.0. The number of hydrogen-bond acceptors (Lipinski definition) is 5.